The second kappa shape index (κ2) is 7.53. The van der Waals surface area contributed by atoms with Crippen molar-refractivity contribution in [3.05, 3.63) is 0 Å². The third kappa shape index (κ3) is 4.91. The Kier molecular flexibility index (Phi) is 6.70. The van der Waals surface area contributed by atoms with E-state index in [0.717, 1.165) is 32.0 Å². The molecule has 0 aromatic heterocycles. The molecule has 2 saturated carbocycles. The van der Waals surface area contributed by atoms with Crippen molar-refractivity contribution in [1.82, 2.24) is 5.32 Å². The van der Waals surface area contributed by atoms with Crippen molar-refractivity contribution in [2.45, 2.75) is 38.5 Å². The van der Waals surface area contributed by atoms with E-state index in [-0.39, 0.29) is 24.0 Å². The van der Waals surface area contributed by atoms with Gasteiger partial charge in [0.2, 0.25) is 0 Å². The van der Waals surface area contributed by atoms with Crippen LogP contribution >= 0.6 is 24.0 Å². The number of aliphatic imine (C=N–C) groups is 1. The first kappa shape index (κ1) is 16.0. The van der Waals surface area contributed by atoms with Gasteiger partial charge in [0, 0.05) is 26.8 Å². The third-order valence-electron chi connectivity index (χ3n) is 4.18. The zero-order chi connectivity index (χ0) is 12.1. The first-order valence-electron chi connectivity index (χ1n) is 6.77. The zero-order valence-corrected chi connectivity index (χ0v) is 13.6. The summed E-state index contributed by atoms with van der Waals surface area (Å²) in [6.45, 7) is 2.70. The molecule has 0 radical (unpaired) electrons. The molecule has 0 atom stereocenters. The highest BCUT2D eigenvalue weighted by Gasteiger charge is 2.41. The molecule has 106 valence electrons. The molecule has 2 rings (SSSR count). The maximum absolute atomic E-state index is 5.87. The first-order valence-corrected chi connectivity index (χ1v) is 6.77. The molecule has 0 amide bonds. The van der Waals surface area contributed by atoms with Crippen LogP contribution in [0, 0.1) is 11.3 Å². The number of nitrogens with one attached hydrogen (secondary N) is 1. The van der Waals surface area contributed by atoms with E-state index < -0.39 is 0 Å². The summed E-state index contributed by atoms with van der Waals surface area (Å²) >= 11 is 0. The molecule has 3 N–H and O–H groups in total. The Hall–Kier alpha value is -0.0400. The van der Waals surface area contributed by atoms with Crippen molar-refractivity contribution in [2.75, 3.05) is 26.8 Å². The van der Waals surface area contributed by atoms with Crippen LogP contribution in [-0.2, 0) is 4.74 Å². The standard InChI is InChI=1S/C13H25N3O.HI/c1-17-8-7-13(5-6-13)10-16-12(14)15-9-11-3-2-4-11;/h11H,2-10H2,1H3,(H3,14,15,16);1H. The van der Waals surface area contributed by atoms with Gasteiger partial charge in [0.05, 0.1) is 0 Å². The SMILES string of the molecule is COCCC1(CN=C(N)NCC2CCC2)CC1.I. The highest BCUT2D eigenvalue weighted by molar-refractivity contribution is 14.0. The molecular weight excluding hydrogens is 341 g/mol. The van der Waals surface area contributed by atoms with Crippen LogP contribution in [0.25, 0.3) is 0 Å². The lowest BCUT2D eigenvalue weighted by molar-refractivity contribution is 0.174. The summed E-state index contributed by atoms with van der Waals surface area (Å²) in [6, 6.07) is 0. The van der Waals surface area contributed by atoms with Crippen LogP contribution in [0.1, 0.15) is 38.5 Å². The van der Waals surface area contributed by atoms with E-state index in [1.807, 2.05) is 0 Å². The fraction of sp³-hybridized carbons (Fsp3) is 0.923. The lowest BCUT2D eigenvalue weighted by Gasteiger charge is -2.25. The third-order valence-corrected chi connectivity index (χ3v) is 4.18. The van der Waals surface area contributed by atoms with Crippen molar-refractivity contribution < 1.29 is 4.74 Å². The summed E-state index contributed by atoms with van der Waals surface area (Å²) in [5.74, 6) is 1.45. The van der Waals surface area contributed by atoms with E-state index in [4.69, 9.17) is 10.5 Å². The van der Waals surface area contributed by atoms with E-state index in [9.17, 15) is 0 Å². The van der Waals surface area contributed by atoms with Crippen LogP contribution in [-0.4, -0.2) is 32.8 Å². The van der Waals surface area contributed by atoms with Gasteiger partial charge < -0.3 is 15.8 Å². The minimum absolute atomic E-state index is 0. The van der Waals surface area contributed by atoms with Gasteiger partial charge in [-0.25, -0.2) is 0 Å². The molecule has 0 unspecified atom stereocenters. The largest absolute Gasteiger partial charge is 0.385 e. The van der Waals surface area contributed by atoms with Crippen LogP contribution in [0.4, 0.5) is 0 Å². The smallest absolute Gasteiger partial charge is 0.188 e. The van der Waals surface area contributed by atoms with Crippen LogP contribution < -0.4 is 11.1 Å². The van der Waals surface area contributed by atoms with Gasteiger partial charge in [0.25, 0.3) is 0 Å². The summed E-state index contributed by atoms with van der Waals surface area (Å²) in [4.78, 5) is 4.47. The number of nitrogens with zero attached hydrogens (tertiary/aromatic N) is 1. The summed E-state index contributed by atoms with van der Waals surface area (Å²) in [5, 5.41) is 3.24. The fourth-order valence-corrected chi connectivity index (χ4v) is 2.24. The van der Waals surface area contributed by atoms with Gasteiger partial charge >= 0.3 is 0 Å². The first-order chi connectivity index (χ1) is 8.24. The average molecular weight is 367 g/mol. The van der Waals surface area contributed by atoms with Crippen LogP contribution in [0.2, 0.25) is 0 Å². The van der Waals surface area contributed by atoms with E-state index in [0.29, 0.717) is 11.4 Å². The molecule has 0 heterocycles. The van der Waals surface area contributed by atoms with Crippen molar-refractivity contribution in [2.24, 2.45) is 22.1 Å². The van der Waals surface area contributed by atoms with Crippen molar-refractivity contribution in [1.29, 1.82) is 0 Å². The predicted molar refractivity (Wildman–Crippen MR) is 85.4 cm³/mol. The molecule has 0 spiro atoms. The Labute approximate surface area is 127 Å². The Morgan fingerprint density at radius 3 is 2.67 bits per heavy atom. The van der Waals surface area contributed by atoms with Gasteiger partial charge in [-0.2, -0.15) is 0 Å². The van der Waals surface area contributed by atoms with E-state index in [1.165, 1.54) is 32.1 Å². The number of hydrogen-bond donors (Lipinski definition) is 2. The van der Waals surface area contributed by atoms with Gasteiger partial charge in [0.15, 0.2) is 5.96 Å². The number of rotatable bonds is 7. The highest BCUT2D eigenvalue weighted by Crippen LogP contribution is 2.48. The summed E-state index contributed by atoms with van der Waals surface area (Å²) in [6.07, 6.45) is 7.73. The molecule has 18 heavy (non-hydrogen) atoms. The highest BCUT2D eigenvalue weighted by atomic mass is 127. The van der Waals surface area contributed by atoms with Crippen molar-refractivity contribution in [3.63, 3.8) is 0 Å². The molecule has 0 aromatic rings. The van der Waals surface area contributed by atoms with Crippen molar-refractivity contribution >= 4 is 29.9 Å². The molecule has 0 aromatic carbocycles. The number of guanidine groups is 1. The van der Waals surface area contributed by atoms with Gasteiger partial charge in [-0.05, 0) is 43.4 Å². The minimum atomic E-state index is 0. The summed E-state index contributed by atoms with van der Waals surface area (Å²) < 4.78 is 5.13. The maximum atomic E-state index is 5.87. The lowest BCUT2D eigenvalue weighted by Crippen LogP contribution is -2.37. The molecule has 0 bridgehead atoms. The molecular formula is C13H26IN3O. The monoisotopic (exact) mass is 367 g/mol. The molecule has 0 saturated heterocycles. The predicted octanol–water partition coefficient (Wildman–Crippen LogP) is 2.13. The minimum Gasteiger partial charge on any atom is -0.385 e. The van der Waals surface area contributed by atoms with Crippen LogP contribution in [0.3, 0.4) is 0 Å². The van der Waals surface area contributed by atoms with Gasteiger partial charge in [-0.3, -0.25) is 4.99 Å². The fourth-order valence-electron chi connectivity index (χ4n) is 2.24. The molecule has 2 aliphatic carbocycles. The van der Waals surface area contributed by atoms with Crippen LogP contribution in [0.15, 0.2) is 4.99 Å². The lowest BCUT2D eigenvalue weighted by atomic mass is 9.85. The Balaban J connectivity index is 0.00000162. The molecule has 2 fully saturated rings. The van der Waals surface area contributed by atoms with Gasteiger partial charge in [-0.15, -0.1) is 24.0 Å². The zero-order valence-electron chi connectivity index (χ0n) is 11.3. The Morgan fingerprint density at radius 2 is 2.17 bits per heavy atom. The second-order valence-corrected chi connectivity index (χ2v) is 5.62. The summed E-state index contributed by atoms with van der Waals surface area (Å²) in [5.41, 5.74) is 6.27. The Morgan fingerprint density at radius 1 is 1.44 bits per heavy atom. The molecule has 0 aliphatic heterocycles. The van der Waals surface area contributed by atoms with Gasteiger partial charge in [0.1, 0.15) is 0 Å². The second-order valence-electron chi connectivity index (χ2n) is 5.62. The summed E-state index contributed by atoms with van der Waals surface area (Å²) in [7, 11) is 1.76. The maximum Gasteiger partial charge on any atom is 0.188 e. The number of halogens is 1. The molecule has 4 nitrogen and oxygen atoms in total. The topological polar surface area (TPSA) is 59.6 Å². The van der Waals surface area contributed by atoms with E-state index >= 15 is 0 Å². The van der Waals surface area contributed by atoms with E-state index in [2.05, 4.69) is 10.3 Å². The van der Waals surface area contributed by atoms with Crippen molar-refractivity contribution in [3.8, 4) is 0 Å². The van der Waals surface area contributed by atoms with Crippen LogP contribution in [0.5, 0.6) is 0 Å². The Bertz CT molecular complexity index is 275. The van der Waals surface area contributed by atoms with E-state index in [1.54, 1.807) is 7.11 Å². The molecule has 2 aliphatic rings. The number of nitrogens with two attached hydrogens (primary N) is 1. The number of ether oxygens (including phenoxy) is 1. The normalized spacial score (nSPS) is 21.9. The van der Waals surface area contributed by atoms with Gasteiger partial charge in [-0.1, -0.05) is 6.42 Å². The number of hydrogen-bond acceptors (Lipinski definition) is 2. The average Bonchev–Trinajstić information content (AvgIpc) is 3.02. The number of methoxy groups -OCH3 is 1. The molecule has 5 heteroatoms. The quantitative estimate of drug-likeness (QED) is 0.412.